The standard InChI is InChI=1S/C19H27N3O4/c1-3-26-19(25)22-13-11-21(12-14-22)18(24)15(2)20-17(23)10-9-16-7-5-4-6-8-16/h4-8,15H,3,9-14H2,1-2H3,(H,20,23)/t15-/m0/s1. The topological polar surface area (TPSA) is 79.0 Å². The molecule has 0 radical (unpaired) electrons. The number of carbonyl (C=O) groups excluding carboxylic acids is 3. The molecule has 142 valence electrons. The average Bonchev–Trinajstić information content (AvgIpc) is 2.67. The van der Waals surface area contributed by atoms with Crippen LogP contribution in [0.25, 0.3) is 0 Å². The second-order valence-electron chi connectivity index (χ2n) is 6.29. The Bertz CT molecular complexity index is 612. The Balaban J connectivity index is 1.73. The number of aryl methyl sites for hydroxylation is 1. The third kappa shape index (κ3) is 5.75. The fourth-order valence-corrected chi connectivity index (χ4v) is 2.88. The molecule has 0 spiro atoms. The van der Waals surface area contributed by atoms with Gasteiger partial charge in [-0.25, -0.2) is 4.79 Å². The fraction of sp³-hybridized carbons (Fsp3) is 0.526. The molecule has 0 unspecified atom stereocenters. The summed E-state index contributed by atoms with van der Waals surface area (Å²) in [5.74, 6) is -0.263. The van der Waals surface area contributed by atoms with Gasteiger partial charge < -0.3 is 19.9 Å². The summed E-state index contributed by atoms with van der Waals surface area (Å²) in [4.78, 5) is 39.5. The highest BCUT2D eigenvalue weighted by Crippen LogP contribution is 2.07. The van der Waals surface area contributed by atoms with Gasteiger partial charge in [-0.1, -0.05) is 30.3 Å². The summed E-state index contributed by atoms with van der Waals surface area (Å²) in [5, 5.41) is 2.77. The van der Waals surface area contributed by atoms with Crippen molar-refractivity contribution in [2.75, 3.05) is 32.8 Å². The molecule has 1 atom stereocenters. The van der Waals surface area contributed by atoms with Gasteiger partial charge in [0, 0.05) is 32.6 Å². The van der Waals surface area contributed by atoms with Gasteiger partial charge in [0.1, 0.15) is 6.04 Å². The van der Waals surface area contributed by atoms with Crippen LogP contribution in [-0.2, 0) is 20.7 Å². The molecule has 1 N–H and O–H groups in total. The van der Waals surface area contributed by atoms with E-state index in [4.69, 9.17) is 4.74 Å². The molecule has 0 aromatic heterocycles. The Kier molecular flexibility index (Phi) is 7.44. The van der Waals surface area contributed by atoms with E-state index in [-0.39, 0.29) is 17.9 Å². The highest BCUT2D eigenvalue weighted by molar-refractivity contribution is 5.87. The first-order chi connectivity index (χ1) is 12.5. The maximum Gasteiger partial charge on any atom is 0.409 e. The van der Waals surface area contributed by atoms with Crippen molar-refractivity contribution in [3.63, 3.8) is 0 Å². The van der Waals surface area contributed by atoms with Crippen molar-refractivity contribution >= 4 is 17.9 Å². The van der Waals surface area contributed by atoms with Gasteiger partial charge in [0.05, 0.1) is 6.61 Å². The van der Waals surface area contributed by atoms with E-state index in [1.54, 1.807) is 23.6 Å². The van der Waals surface area contributed by atoms with Gasteiger partial charge in [-0.05, 0) is 25.8 Å². The SMILES string of the molecule is CCOC(=O)N1CCN(C(=O)[C@H](C)NC(=O)CCc2ccccc2)CC1. The average molecular weight is 361 g/mol. The van der Waals surface area contributed by atoms with Crippen LogP contribution >= 0.6 is 0 Å². The van der Waals surface area contributed by atoms with Crippen molar-refractivity contribution < 1.29 is 19.1 Å². The van der Waals surface area contributed by atoms with Gasteiger partial charge in [0.2, 0.25) is 11.8 Å². The van der Waals surface area contributed by atoms with Crippen molar-refractivity contribution in [3.8, 4) is 0 Å². The number of nitrogens with one attached hydrogen (secondary N) is 1. The smallest absolute Gasteiger partial charge is 0.409 e. The van der Waals surface area contributed by atoms with E-state index >= 15 is 0 Å². The highest BCUT2D eigenvalue weighted by Gasteiger charge is 2.28. The molecule has 1 aromatic rings. The second-order valence-corrected chi connectivity index (χ2v) is 6.29. The summed E-state index contributed by atoms with van der Waals surface area (Å²) in [6.45, 7) is 5.58. The van der Waals surface area contributed by atoms with Crippen molar-refractivity contribution in [2.24, 2.45) is 0 Å². The van der Waals surface area contributed by atoms with E-state index in [0.29, 0.717) is 45.6 Å². The van der Waals surface area contributed by atoms with E-state index in [1.165, 1.54) is 0 Å². The molecule has 2 rings (SSSR count). The molecule has 26 heavy (non-hydrogen) atoms. The van der Waals surface area contributed by atoms with Crippen molar-refractivity contribution in [1.82, 2.24) is 15.1 Å². The zero-order chi connectivity index (χ0) is 18.9. The highest BCUT2D eigenvalue weighted by atomic mass is 16.6. The third-order valence-corrected chi connectivity index (χ3v) is 4.35. The minimum Gasteiger partial charge on any atom is -0.450 e. The van der Waals surface area contributed by atoms with Gasteiger partial charge in [0.15, 0.2) is 0 Å². The fourth-order valence-electron chi connectivity index (χ4n) is 2.88. The van der Waals surface area contributed by atoms with E-state index < -0.39 is 6.04 Å². The van der Waals surface area contributed by atoms with Crippen LogP contribution in [0.2, 0.25) is 0 Å². The van der Waals surface area contributed by atoms with Crippen LogP contribution in [-0.4, -0.2) is 66.5 Å². The molecule has 1 aromatic carbocycles. The Labute approximate surface area is 154 Å². The molecular formula is C19H27N3O4. The lowest BCUT2D eigenvalue weighted by atomic mass is 10.1. The van der Waals surface area contributed by atoms with Gasteiger partial charge in [-0.3, -0.25) is 9.59 Å². The maximum absolute atomic E-state index is 12.5. The first kappa shape index (κ1) is 19.8. The largest absolute Gasteiger partial charge is 0.450 e. The number of benzene rings is 1. The van der Waals surface area contributed by atoms with E-state index in [2.05, 4.69) is 5.32 Å². The number of rotatable bonds is 6. The third-order valence-electron chi connectivity index (χ3n) is 4.35. The normalized spacial score (nSPS) is 15.3. The first-order valence-corrected chi connectivity index (χ1v) is 9.05. The number of hydrogen-bond acceptors (Lipinski definition) is 4. The summed E-state index contributed by atoms with van der Waals surface area (Å²) >= 11 is 0. The van der Waals surface area contributed by atoms with Crippen molar-refractivity contribution in [1.29, 1.82) is 0 Å². The van der Waals surface area contributed by atoms with Crippen LogP contribution < -0.4 is 5.32 Å². The maximum atomic E-state index is 12.5. The van der Waals surface area contributed by atoms with E-state index in [1.807, 2.05) is 30.3 Å². The van der Waals surface area contributed by atoms with Gasteiger partial charge in [0.25, 0.3) is 0 Å². The quantitative estimate of drug-likeness (QED) is 0.831. The lowest BCUT2D eigenvalue weighted by Gasteiger charge is -2.35. The number of carbonyl (C=O) groups is 3. The Morgan fingerprint density at radius 1 is 1.08 bits per heavy atom. The van der Waals surface area contributed by atoms with Crippen LogP contribution in [0.1, 0.15) is 25.8 Å². The minimum absolute atomic E-state index is 0.124. The first-order valence-electron chi connectivity index (χ1n) is 9.05. The van der Waals surface area contributed by atoms with Gasteiger partial charge in [-0.2, -0.15) is 0 Å². The van der Waals surface area contributed by atoms with Crippen molar-refractivity contribution in [3.05, 3.63) is 35.9 Å². The predicted octanol–water partition coefficient (Wildman–Crippen LogP) is 1.42. The van der Waals surface area contributed by atoms with E-state index in [9.17, 15) is 14.4 Å². The molecule has 7 heteroatoms. The molecule has 1 heterocycles. The molecule has 0 bridgehead atoms. The zero-order valence-electron chi connectivity index (χ0n) is 15.4. The van der Waals surface area contributed by atoms with Crippen LogP contribution in [0, 0.1) is 0 Å². The van der Waals surface area contributed by atoms with Gasteiger partial charge in [-0.15, -0.1) is 0 Å². The molecule has 3 amide bonds. The van der Waals surface area contributed by atoms with Gasteiger partial charge >= 0.3 is 6.09 Å². The summed E-state index contributed by atoms with van der Waals surface area (Å²) in [5.41, 5.74) is 1.09. The lowest BCUT2D eigenvalue weighted by Crippen LogP contribution is -2.55. The predicted molar refractivity (Wildman–Crippen MR) is 97.5 cm³/mol. The molecule has 1 aliphatic heterocycles. The Morgan fingerprint density at radius 2 is 1.69 bits per heavy atom. The number of ether oxygens (including phenoxy) is 1. The minimum atomic E-state index is -0.576. The van der Waals surface area contributed by atoms with Crippen LogP contribution in [0.4, 0.5) is 4.79 Å². The van der Waals surface area contributed by atoms with E-state index in [0.717, 1.165) is 5.56 Å². The summed E-state index contributed by atoms with van der Waals surface area (Å²) in [7, 11) is 0. The lowest BCUT2D eigenvalue weighted by molar-refractivity contribution is -0.137. The zero-order valence-corrected chi connectivity index (χ0v) is 15.4. The van der Waals surface area contributed by atoms with Crippen molar-refractivity contribution in [2.45, 2.75) is 32.7 Å². The summed E-state index contributed by atoms with van der Waals surface area (Å²) in [6, 6.07) is 9.19. The van der Waals surface area contributed by atoms with Crippen LogP contribution in [0.15, 0.2) is 30.3 Å². The molecule has 0 aliphatic carbocycles. The monoisotopic (exact) mass is 361 g/mol. The summed E-state index contributed by atoms with van der Waals surface area (Å²) < 4.78 is 4.97. The summed E-state index contributed by atoms with van der Waals surface area (Å²) in [6.07, 6.45) is 0.645. The Hall–Kier alpha value is -2.57. The number of amides is 3. The molecule has 1 aliphatic rings. The molecule has 0 saturated carbocycles. The molecule has 7 nitrogen and oxygen atoms in total. The molecule has 1 saturated heterocycles. The number of hydrogen-bond donors (Lipinski definition) is 1. The Morgan fingerprint density at radius 3 is 2.31 bits per heavy atom. The molecule has 1 fully saturated rings. The van der Waals surface area contributed by atoms with Crippen LogP contribution in [0.3, 0.4) is 0 Å². The number of nitrogens with zero attached hydrogens (tertiary/aromatic N) is 2. The number of piperazine rings is 1. The second kappa shape index (κ2) is 9.79. The molecular weight excluding hydrogens is 334 g/mol. The van der Waals surface area contributed by atoms with Crippen LogP contribution in [0.5, 0.6) is 0 Å².